The number of carbonyl (C=O) groups excluding carboxylic acids is 1. The molecular weight excluding hydrogens is 407 g/mol. The van der Waals surface area contributed by atoms with Crippen molar-refractivity contribution in [1.82, 2.24) is 9.78 Å². The van der Waals surface area contributed by atoms with Gasteiger partial charge in [-0.15, -0.1) is 0 Å². The summed E-state index contributed by atoms with van der Waals surface area (Å²) in [7, 11) is 0. The number of benzene rings is 2. The van der Waals surface area contributed by atoms with Crippen LogP contribution in [0.3, 0.4) is 0 Å². The number of amides is 1. The maximum absolute atomic E-state index is 12.3. The van der Waals surface area contributed by atoms with Crippen molar-refractivity contribution in [3.63, 3.8) is 0 Å². The summed E-state index contributed by atoms with van der Waals surface area (Å²) in [5.41, 5.74) is 0.598. The first-order valence-corrected chi connectivity index (χ1v) is 8.78. The highest BCUT2D eigenvalue weighted by molar-refractivity contribution is 6.31. The van der Waals surface area contributed by atoms with E-state index in [2.05, 4.69) is 10.4 Å². The second kappa shape index (κ2) is 8.28. The minimum absolute atomic E-state index is 0.0936. The summed E-state index contributed by atoms with van der Waals surface area (Å²) in [5, 5.41) is 18.9. The Morgan fingerprint density at radius 2 is 1.93 bits per heavy atom. The number of rotatable bonds is 6. The first kappa shape index (κ1) is 19.7. The van der Waals surface area contributed by atoms with E-state index >= 15 is 0 Å². The second-order valence-corrected chi connectivity index (χ2v) is 6.68. The fourth-order valence-electron chi connectivity index (χ4n) is 2.38. The van der Waals surface area contributed by atoms with Gasteiger partial charge in [0.25, 0.3) is 5.69 Å². The van der Waals surface area contributed by atoms with Crippen LogP contribution in [0.4, 0.5) is 11.4 Å². The lowest BCUT2D eigenvalue weighted by atomic mass is 10.2. The number of aromatic nitrogens is 2. The first-order chi connectivity index (χ1) is 13.3. The number of nitrogens with one attached hydrogen (secondary N) is 1. The number of nitro groups is 1. The number of nitro benzene ring substituents is 1. The Balaban J connectivity index is 1.79. The lowest BCUT2D eigenvalue weighted by Gasteiger charge is -2.10. The molecule has 3 aromatic rings. The van der Waals surface area contributed by atoms with Crippen molar-refractivity contribution in [2.24, 2.45) is 0 Å². The summed E-state index contributed by atoms with van der Waals surface area (Å²) in [6, 6.07) is 10.5. The maximum atomic E-state index is 12.3. The molecule has 0 bridgehead atoms. The van der Waals surface area contributed by atoms with Crippen LogP contribution in [0.15, 0.2) is 48.7 Å². The number of hydrogen-bond donors (Lipinski definition) is 1. The average molecular weight is 421 g/mol. The molecule has 0 radical (unpaired) electrons. The van der Waals surface area contributed by atoms with Crippen LogP contribution in [0, 0.1) is 17.0 Å². The summed E-state index contributed by atoms with van der Waals surface area (Å²) in [6.07, 6.45) is 1.53. The molecule has 0 spiro atoms. The number of aryl methyl sites for hydroxylation is 1. The Morgan fingerprint density at radius 3 is 2.54 bits per heavy atom. The molecule has 1 amide bonds. The lowest BCUT2D eigenvalue weighted by Crippen LogP contribution is -2.19. The number of hydrogen-bond acceptors (Lipinski definition) is 5. The fraction of sp³-hybridized carbons (Fsp3) is 0.111. The van der Waals surface area contributed by atoms with Crippen molar-refractivity contribution in [2.45, 2.75) is 13.5 Å². The smallest absolute Gasteiger partial charge is 0.275 e. The topological polar surface area (TPSA) is 99.3 Å². The quantitative estimate of drug-likeness (QED) is 0.454. The van der Waals surface area contributed by atoms with Gasteiger partial charge in [-0.3, -0.25) is 19.6 Å². The predicted octanol–water partition coefficient (Wildman–Crippen LogP) is 4.84. The third-order valence-electron chi connectivity index (χ3n) is 3.63. The molecule has 28 heavy (non-hydrogen) atoms. The third-order valence-corrected chi connectivity index (χ3v) is 4.25. The maximum Gasteiger partial charge on any atom is 0.275 e. The van der Waals surface area contributed by atoms with Gasteiger partial charge in [-0.1, -0.05) is 23.2 Å². The highest BCUT2D eigenvalue weighted by Gasteiger charge is 2.14. The zero-order valence-corrected chi connectivity index (χ0v) is 16.1. The normalized spacial score (nSPS) is 10.5. The predicted molar refractivity (Wildman–Crippen MR) is 105 cm³/mol. The molecule has 0 saturated carbocycles. The van der Waals surface area contributed by atoms with Crippen LogP contribution in [-0.4, -0.2) is 20.6 Å². The van der Waals surface area contributed by atoms with Crippen LogP contribution in [0.5, 0.6) is 11.5 Å². The molecule has 0 unspecified atom stereocenters. The standard InChI is InChI=1S/C18H14Cl2N4O4/c1-11-17(20)9-23(22-11)10-18(25)21-13-6-14(24(26)27)8-16(7-13)28-15-4-2-12(19)3-5-15/h2-9H,10H2,1H3,(H,21,25). The van der Waals surface area contributed by atoms with Gasteiger partial charge in [0.05, 0.1) is 27.4 Å². The molecule has 1 N–H and O–H groups in total. The molecule has 0 fully saturated rings. The van der Waals surface area contributed by atoms with E-state index in [9.17, 15) is 14.9 Å². The molecule has 2 aromatic carbocycles. The van der Waals surface area contributed by atoms with Crippen LogP contribution in [0.25, 0.3) is 0 Å². The van der Waals surface area contributed by atoms with Crippen LogP contribution in [0.2, 0.25) is 10.0 Å². The summed E-state index contributed by atoms with van der Waals surface area (Å²) < 4.78 is 7.02. The van der Waals surface area contributed by atoms with Crippen LogP contribution < -0.4 is 10.1 Å². The molecule has 0 atom stereocenters. The van der Waals surface area contributed by atoms with Crippen LogP contribution >= 0.6 is 23.2 Å². The third kappa shape index (κ3) is 4.99. The molecule has 1 heterocycles. The monoisotopic (exact) mass is 420 g/mol. The highest BCUT2D eigenvalue weighted by Crippen LogP contribution is 2.30. The minimum Gasteiger partial charge on any atom is -0.457 e. The molecule has 0 aliphatic heterocycles. The van der Waals surface area contributed by atoms with Crippen molar-refractivity contribution in [3.05, 3.63) is 74.5 Å². The molecule has 144 valence electrons. The molecule has 8 nitrogen and oxygen atoms in total. The largest absolute Gasteiger partial charge is 0.457 e. The zero-order chi connectivity index (χ0) is 20.3. The van der Waals surface area contributed by atoms with E-state index < -0.39 is 10.8 Å². The summed E-state index contributed by atoms with van der Waals surface area (Å²) >= 11 is 11.8. The van der Waals surface area contributed by atoms with Gasteiger partial charge >= 0.3 is 0 Å². The van der Waals surface area contributed by atoms with Crippen molar-refractivity contribution in [1.29, 1.82) is 0 Å². The molecule has 10 heteroatoms. The Morgan fingerprint density at radius 1 is 1.21 bits per heavy atom. The van der Waals surface area contributed by atoms with Gasteiger partial charge < -0.3 is 10.1 Å². The SMILES string of the molecule is Cc1nn(CC(=O)Nc2cc(Oc3ccc(Cl)cc3)cc([N+](=O)[O-])c2)cc1Cl. The average Bonchev–Trinajstić information content (AvgIpc) is 2.93. The van der Waals surface area contributed by atoms with E-state index in [-0.39, 0.29) is 23.7 Å². The Labute approximate surface area is 169 Å². The number of ether oxygens (including phenoxy) is 1. The van der Waals surface area contributed by atoms with E-state index in [1.54, 1.807) is 31.2 Å². The summed E-state index contributed by atoms with van der Waals surface area (Å²) in [6.45, 7) is 1.63. The number of halogens is 2. The summed E-state index contributed by atoms with van der Waals surface area (Å²) in [4.78, 5) is 22.9. The minimum atomic E-state index is -0.568. The molecular formula is C18H14Cl2N4O4. The van der Waals surface area contributed by atoms with Crippen molar-refractivity contribution >= 4 is 40.5 Å². The number of nitrogens with zero attached hydrogens (tertiary/aromatic N) is 3. The first-order valence-electron chi connectivity index (χ1n) is 8.02. The lowest BCUT2D eigenvalue weighted by molar-refractivity contribution is -0.384. The number of anilines is 1. The van der Waals surface area contributed by atoms with Gasteiger partial charge in [-0.25, -0.2) is 0 Å². The van der Waals surface area contributed by atoms with E-state index in [1.165, 1.54) is 29.1 Å². The van der Waals surface area contributed by atoms with Crippen LogP contribution in [0.1, 0.15) is 5.69 Å². The second-order valence-electron chi connectivity index (χ2n) is 5.84. The molecule has 0 aliphatic rings. The van der Waals surface area contributed by atoms with Crippen LogP contribution in [-0.2, 0) is 11.3 Å². The van der Waals surface area contributed by atoms with Crippen molar-refractivity contribution in [3.8, 4) is 11.5 Å². The number of non-ortho nitro benzene ring substituents is 1. The number of carbonyl (C=O) groups is 1. The van der Waals surface area contributed by atoms with Gasteiger partial charge in [0, 0.05) is 23.4 Å². The van der Waals surface area contributed by atoms with E-state index in [4.69, 9.17) is 27.9 Å². The molecule has 1 aromatic heterocycles. The van der Waals surface area contributed by atoms with E-state index in [0.717, 1.165) is 0 Å². The molecule has 3 rings (SSSR count). The van der Waals surface area contributed by atoms with Gasteiger partial charge in [-0.05, 0) is 31.2 Å². The highest BCUT2D eigenvalue weighted by atomic mass is 35.5. The van der Waals surface area contributed by atoms with Gasteiger partial charge in [0.1, 0.15) is 18.0 Å². The summed E-state index contributed by atoms with van der Waals surface area (Å²) in [5.74, 6) is 0.228. The van der Waals surface area contributed by atoms with Crippen molar-refractivity contribution < 1.29 is 14.5 Å². The Bertz CT molecular complexity index is 1020. The van der Waals surface area contributed by atoms with Gasteiger partial charge in [-0.2, -0.15) is 5.10 Å². The van der Waals surface area contributed by atoms with Gasteiger partial charge in [0.15, 0.2) is 0 Å². The Kier molecular flexibility index (Phi) is 5.81. The van der Waals surface area contributed by atoms with E-state index in [0.29, 0.717) is 21.5 Å². The van der Waals surface area contributed by atoms with E-state index in [1.807, 2.05) is 0 Å². The zero-order valence-electron chi connectivity index (χ0n) is 14.6. The van der Waals surface area contributed by atoms with Gasteiger partial charge in [0.2, 0.25) is 5.91 Å². The fourth-order valence-corrected chi connectivity index (χ4v) is 2.66. The van der Waals surface area contributed by atoms with Crippen molar-refractivity contribution in [2.75, 3.05) is 5.32 Å². The molecule has 0 aliphatic carbocycles. The molecule has 0 saturated heterocycles. The Hall–Kier alpha value is -3.10.